The number of alkyl halides is 1. The molecule has 1 nitrogen and oxygen atoms in total. The number of aryl methyl sites for hydroxylation is 3. The summed E-state index contributed by atoms with van der Waals surface area (Å²) in [6, 6.07) is 10.7. The van der Waals surface area contributed by atoms with Crippen molar-refractivity contribution in [3.63, 3.8) is 0 Å². The van der Waals surface area contributed by atoms with Gasteiger partial charge < -0.3 is 4.74 Å². The van der Waals surface area contributed by atoms with Gasteiger partial charge in [-0.3, -0.25) is 0 Å². The number of rotatable bonds is 3. The predicted octanol–water partition coefficient (Wildman–Crippen LogP) is 5.87. The van der Waals surface area contributed by atoms with Gasteiger partial charge in [-0.15, -0.1) is 0 Å². The molecule has 0 heterocycles. The number of hydrogen-bond donors (Lipinski definition) is 0. The van der Waals surface area contributed by atoms with Crippen LogP contribution in [0.5, 0.6) is 5.75 Å². The summed E-state index contributed by atoms with van der Waals surface area (Å²) in [6.45, 7) is 6.32. The van der Waals surface area contributed by atoms with E-state index in [4.69, 9.17) is 4.74 Å². The van der Waals surface area contributed by atoms with Crippen LogP contribution < -0.4 is 4.74 Å². The molecule has 0 N–H and O–H groups in total. The van der Waals surface area contributed by atoms with E-state index in [9.17, 15) is 0 Å². The summed E-state index contributed by atoms with van der Waals surface area (Å²) in [7, 11) is 1.72. The highest BCUT2D eigenvalue weighted by Gasteiger charge is 2.18. The number of halogens is 2. The molecule has 0 bridgehead atoms. The summed E-state index contributed by atoms with van der Waals surface area (Å²) < 4.78 is 6.64. The van der Waals surface area contributed by atoms with Crippen LogP contribution in [0.15, 0.2) is 34.8 Å². The molecule has 2 aromatic carbocycles. The van der Waals surface area contributed by atoms with Crippen LogP contribution in [-0.2, 0) is 0 Å². The van der Waals surface area contributed by atoms with E-state index in [2.05, 4.69) is 83.0 Å². The standard InChI is InChI=1S/C17H18Br2O/c1-10-5-6-11(2)13(7-10)17(19)14-9-15(18)12(3)8-16(14)20-4/h5-9,17H,1-4H3. The van der Waals surface area contributed by atoms with Crippen molar-refractivity contribution in [1.82, 2.24) is 0 Å². The maximum absolute atomic E-state index is 5.54. The molecule has 2 rings (SSSR count). The highest BCUT2D eigenvalue weighted by atomic mass is 79.9. The van der Waals surface area contributed by atoms with E-state index in [1.807, 2.05) is 0 Å². The molecule has 0 aromatic heterocycles. The second-order valence-corrected chi connectivity index (χ2v) is 6.84. The van der Waals surface area contributed by atoms with Crippen LogP contribution in [0.2, 0.25) is 0 Å². The first-order chi connectivity index (χ1) is 9.43. The van der Waals surface area contributed by atoms with Crippen LogP contribution in [0.4, 0.5) is 0 Å². The molecule has 1 unspecified atom stereocenters. The smallest absolute Gasteiger partial charge is 0.123 e. The topological polar surface area (TPSA) is 9.23 Å². The molecular weight excluding hydrogens is 380 g/mol. The lowest BCUT2D eigenvalue weighted by Crippen LogP contribution is -2.00. The summed E-state index contributed by atoms with van der Waals surface area (Å²) >= 11 is 7.44. The van der Waals surface area contributed by atoms with E-state index in [0.717, 1.165) is 15.8 Å². The van der Waals surface area contributed by atoms with E-state index >= 15 is 0 Å². The lowest BCUT2D eigenvalue weighted by molar-refractivity contribution is 0.410. The molecule has 0 saturated heterocycles. The third-order valence-corrected chi connectivity index (χ3v) is 5.33. The molecule has 0 fully saturated rings. The Balaban J connectivity index is 2.55. The second kappa shape index (κ2) is 6.31. The Morgan fingerprint density at radius 3 is 2.30 bits per heavy atom. The third-order valence-electron chi connectivity index (χ3n) is 3.49. The van der Waals surface area contributed by atoms with E-state index in [1.165, 1.54) is 22.3 Å². The zero-order valence-corrected chi connectivity index (χ0v) is 15.3. The van der Waals surface area contributed by atoms with Crippen molar-refractivity contribution >= 4 is 31.9 Å². The van der Waals surface area contributed by atoms with Gasteiger partial charge >= 0.3 is 0 Å². The quantitative estimate of drug-likeness (QED) is 0.588. The van der Waals surface area contributed by atoms with Gasteiger partial charge in [-0.25, -0.2) is 0 Å². The fourth-order valence-electron chi connectivity index (χ4n) is 2.25. The Morgan fingerprint density at radius 1 is 0.950 bits per heavy atom. The molecule has 0 aliphatic carbocycles. The molecule has 0 aliphatic rings. The van der Waals surface area contributed by atoms with E-state index in [0.29, 0.717) is 0 Å². The number of ether oxygens (including phenoxy) is 1. The monoisotopic (exact) mass is 396 g/mol. The van der Waals surface area contributed by atoms with Crippen LogP contribution in [0.25, 0.3) is 0 Å². The largest absolute Gasteiger partial charge is 0.496 e. The van der Waals surface area contributed by atoms with Crippen LogP contribution in [-0.4, -0.2) is 7.11 Å². The molecule has 0 aliphatic heterocycles. The molecule has 3 heteroatoms. The van der Waals surface area contributed by atoms with Crippen LogP contribution in [0, 0.1) is 20.8 Å². The van der Waals surface area contributed by atoms with Gasteiger partial charge in [0.1, 0.15) is 5.75 Å². The Hall–Kier alpha value is -0.800. The Kier molecular flexibility index (Phi) is 4.92. The Labute approximate surface area is 137 Å². The minimum atomic E-state index is 0.120. The number of hydrogen-bond acceptors (Lipinski definition) is 1. The van der Waals surface area contributed by atoms with Gasteiger partial charge in [-0.1, -0.05) is 55.6 Å². The van der Waals surface area contributed by atoms with Gasteiger partial charge in [0.05, 0.1) is 11.9 Å². The summed E-state index contributed by atoms with van der Waals surface area (Å²) in [6.07, 6.45) is 0. The second-order valence-electron chi connectivity index (χ2n) is 5.07. The van der Waals surface area contributed by atoms with Crippen LogP contribution in [0.1, 0.15) is 32.6 Å². The average molecular weight is 398 g/mol. The SMILES string of the molecule is COc1cc(C)c(Br)cc1C(Br)c1cc(C)ccc1C. The summed E-state index contributed by atoms with van der Waals surface area (Å²) in [5.41, 5.74) is 6.13. The fourth-order valence-corrected chi connectivity index (χ4v) is 3.46. The van der Waals surface area contributed by atoms with Crippen molar-refractivity contribution in [2.75, 3.05) is 7.11 Å². The van der Waals surface area contributed by atoms with E-state index in [-0.39, 0.29) is 4.83 Å². The van der Waals surface area contributed by atoms with Gasteiger partial charge in [0.25, 0.3) is 0 Å². The van der Waals surface area contributed by atoms with Gasteiger partial charge in [-0.2, -0.15) is 0 Å². The molecule has 0 amide bonds. The molecule has 0 radical (unpaired) electrons. The Bertz CT molecular complexity index is 635. The number of methoxy groups -OCH3 is 1. The molecule has 0 saturated carbocycles. The molecular formula is C17H18Br2O. The maximum Gasteiger partial charge on any atom is 0.123 e. The zero-order chi connectivity index (χ0) is 14.9. The van der Waals surface area contributed by atoms with Crippen LogP contribution >= 0.6 is 31.9 Å². The average Bonchev–Trinajstić information content (AvgIpc) is 2.43. The minimum Gasteiger partial charge on any atom is -0.496 e. The normalized spacial score (nSPS) is 12.3. The summed E-state index contributed by atoms with van der Waals surface area (Å²) in [4.78, 5) is 0.120. The molecule has 2 aromatic rings. The molecule has 1 atom stereocenters. The highest BCUT2D eigenvalue weighted by Crippen LogP contribution is 2.40. The van der Waals surface area contributed by atoms with Gasteiger partial charge in [-0.05, 0) is 49.6 Å². The van der Waals surface area contributed by atoms with Crippen molar-refractivity contribution in [2.24, 2.45) is 0 Å². The zero-order valence-electron chi connectivity index (χ0n) is 12.1. The van der Waals surface area contributed by atoms with Crippen molar-refractivity contribution in [2.45, 2.75) is 25.6 Å². The predicted molar refractivity (Wildman–Crippen MR) is 92.1 cm³/mol. The molecule has 0 spiro atoms. The first-order valence-electron chi connectivity index (χ1n) is 6.49. The lowest BCUT2D eigenvalue weighted by atomic mass is 9.97. The Morgan fingerprint density at radius 2 is 1.65 bits per heavy atom. The van der Waals surface area contributed by atoms with E-state index < -0.39 is 0 Å². The van der Waals surface area contributed by atoms with Crippen LogP contribution in [0.3, 0.4) is 0 Å². The highest BCUT2D eigenvalue weighted by molar-refractivity contribution is 9.10. The molecule has 20 heavy (non-hydrogen) atoms. The lowest BCUT2D eigenvalue weighted by Gasteiger charge is -2.18. The van der Waals surface area contributed by atoms with Gasteiger partial charge in [0, 0.05) is 10.0 Å². The molecule has 106 valence electrons. The minimum absolute atomic E-state index is 0.120. The van der Waals surface area contributed by atoms with Crippen molar-refractivity contribution in [3.8, 4) is 5.75 Å². The van der Waals surface area contributed by atoms with E-state index in [1.54, 1.807) is 7.11 Å². The summed E-state index contributed by atoms with van der Waals surface area (Å²) in [5.74, 6) is 0.911. The summed E-state index contributed by atoms with van der Waals surface area (Å²) in [5, 5.41) is 0. The van der Waals surface area contributed by atoms with Crippen molar-refractivity contribution < 1.29 is 4.74 Å². The first kappa shape index (κ1) is 15.6. The van der Waals surface area contributed by atoms with Gasteiger partial charge in [0.2, 0.25) is 0 Å². The maximum atomic E-state index is 5.54. The van der Waals surface area contributed by atoms with Crippen molar-refractivity contribution in [1.29, 1.82) is 0 Å². The van der Waals surface area contributed by atoms with Gasteiger partial charge in [0.15, 0.2) is 0 Å². The fraction of sp³-hybridized carbons (Fsp3) is 0.294. The van der Waals surface area contributed by atoms with Crippen molar-refractivity contribution in [3.05, 3.63) is 62.6 Å². The number of benzene rings is 2. The first-order valence-corrected chi connectivity index (χ1v) is 8.20. The third kappa shape index (κ3) is 3.09.